The van der Waals surface area contributed by atoms with Crippen LogP contribution in [0.2, 0.25) is 5.02 Å². The second-order valence-corrected chi connectivity index (χ2v) is 6.64. The molecule has 0 spiro atoms. The van der Waals surface area contributed by atoms with Gasteiger partial charge in [0.15, 0.2) is 6.61 Å². The number of aromatic amines is 1. The maximum absolute atomic E-state index is 12.2. The fraction of sp³-hybridized carbons (Fsp3) is 0.200. The zero-order valence-corrected chi connectivity index (χ0v) is 16.5. The first-order valence-corrected chi connectivity index (χ1v) is 9.02. The Morgan fingerprint density at radius 2 is 1.93 bits per heavy atom. The number of hydrogen-bond acceptors (Lipinski definition) is 6. The number of rotatable bonds is 6. The molecular weight excluding hydrogens is 398 g/mol. The van der Waals surface area contributed by atoms with Gasteiger partial charge in [0.2, 0.25) is 0 Å². The SMILES string of the molecule is COc1cc(Cl)c(C)cc1NC(=O)COC(=O)Cc1n[nH]c(=O)c2ccccc12. The molecule has 3 rings (SSSR count). The molecule has 8 nitrogen and oxygen atoms in total. The topological polar surface area (TPSA) is 110 Å². The van der Waals surface area contributed by atoms with Crippen molar-refractivity contribution in [1.29, 1.82) is 0 Å². The number of aromatic nitrogens is 2. The van der Waals surface area contributed by atoms with Crippen LogP contribution >= 0.6 is 11.6 Å². The number of ether oxygens (including phenoxy) is 2. The standard InChI is InChI=1S/C20H18ClN3O5/c1-11-7-16(17(28-2)8-14(11)21)22-18(25)10-29-19(26)9-15-12-5-3-4-6-13(12)20(27)24-23-15/h3-8H,9-10H2,1-2H3,(H,22,25)(H,24,27). The molecule has 9 heteroatoms. The number of amides is 1. The van der Waals surface area contributed by atoms with E-state index in [1.54, 1.807) is 43.3 Å². The maximum atomic E-state index is 12.2. The number of methoxy groups -OCH3 is 1. The minimum Gasteiger partial charge on any atom is -0.495 e. The Kier molecular flexibility index (Phi) is 6.13. The van der Waals surface area contributed by atoms with Crippen molar-refractivity contribution in [2.24, 2.45) is 0 Å². The fourth-order valence-corrected chi connectivity index (χ4v) is 2.91. The fourth-order valence-electron chi connectivity index (χ4n) is 2.76. The molecule has 0 atom stereocenters. The van der Waals surface area contributed by atoms with Crippen LogP contribution in [0.1, 0.15) is 11.3 Å². The maximum Gasteiger partial charge on any atom is 0.312 e. The molecule has 0 saturated carbocycles. The summed E-state index contributed by atoms with van der Waals surface area (Å²) >= 11 is 6.04. The van der Waals surface area contributed by atoms with Crippen LogP contribution in [0, 0.1) is 6.92 Å². The molecule has 0 aliphatic carbocycles. The average Bonchev–Trinajstić information content (AvgIpc) is 2.71. The van der Waals surface area contributed by atoms with Crippen LogP contribution in [0.15, 0.2) is 41.2 Å². The van der Waals surface area contributed by atoms with E-state index in [9.17, 15) is 14.4 Å². The van der Waals surface area contributed by atoms with Crippen LogP contribution in [0.25, 0.3) is 10.8 Å². The number of carbonyl (C=O) groups is 2. The van der Waals surface area contributed by atoms with Crippen molar-refractivity contribution in [2.45, 2.75) is 13.3 Å². The number of H-pyrrole nitrogens is 1. The van der Waals surface area contributed by atoms with Crippen molar-refractivity contribution >= 4 is 39.9 Å². The third kappa shape index (κ3) is 4.72. The van der Waals surface area contributed by atoms with E-state index in [1.165, 1.54) is 7.11 Å². The molecule has 3 aromatic rings. The molecule has 0 aliphatic heterocycles. The zero-order valence-electron chi connectivity index (χ0n) is 15.7. The summed E-state index contributed by atoms with van der Waals surface area (Å²) < 4.78 is 10.2. The van der Waals surface area contributed by atoms with E-state index in [0.717, 1.165) is 5.56 Å². The highest BCUT2D eigenvalue weighted by Crippen LogP contribution is 2.30. The van der Waals surface area contributed by atoms with Gasteiger partial charge in [-0.15, -0.1) is 0 Å². The molecule has 0 fully saturated rings. The van der Waals surface area contributed by atoms with Gasteiger partial charge in [-0.25, -0.2) is 5.10 Å². The molecule has 0 unspecified atom stereocenters. The van der Waals surface area contributed by atoms with Gasteiger partial charge in [0.1, 0.15) is 5.75 Å². The Morgan fingerprint density at radius 1 is 1.21 bits per heavy atom. The number of carbonyl (C=O) groups excluding carboxylic acids is 2. The first-order chi connectivity index (χ1) is 13.9. The highest BCUT2D eigenvalue weighted by atomic mass is 35.5. The van der Waals surface area contributed by atoms with Crippen LogP contribution in [0.4, 0.5) is 5.69 Å². The lowest BCUT2D eigenvalue weighted by Gasteiger charge is -2.12. The monoisotopic (exact) mass is 415 g/mol. The summed E-state index contributed by atoms with van der Waals surface area (Å²) in [7, 11) is 1.46. The van der Waals surface area contributed by atoms with Crippen molar-refractivity contribution in [3.05, 3.63) is 63.0 Å². The smallest absolute Gasteiger partial charge is 0.312 e. The zero-order chi connectivity index (χ0) is 21.0. The molecule has 2 aromatic carbocycles. The van der Waals surface area contributed by atoms with Gasteiger partial charge < -0.3 is 14.8 Å². The number of nitrogens with one attached hydrogen (secondary N) is 2. The molecule has 0 aliphatic rings. The number of hydrogen-bond donors (Lipinski definition) is 2. The van der Waals surface area contributed by atoms with E-state index < -0.39 is 18.5 Å². The summed E-state index contributed by atoms with van der Waals surface area (Å²) in [4.78, 5) is 36.1. The number of aryl methyl sites for hydroxylation is 1. The molecule has 0 radical (unpaired) electrons. The van der Waals surface area contributed by atoms with Crippen LogP contribution in [-0.4, -0.2) is 35.8 Å². The van der Waals surface area contributed by atoms with Crippen LogP contribution < -0.4 is 15.6 Å². The number of anilines is 1. The van der Waals surface area contributed by atoms with Crippen LogP contribution in [0.5, 0.6) is 5.75 Å². The third-order valence-corrected chi connectivity index (χ3v) is 4.61. The quantitative estimate of drug-likeness (QED) is 0.599. The van der Waals surface area contributed by atoms with E-state index in [2.05, 4.69) is 15.5 Å². The Balaban J connectivity index is 1.63. The summed E-state index contributed by atoms with van der Waals surface area (Å²) in [6.07, 6.45) is -0.187. The Bertz CT molecular complexity index is 1140. The van der Waals surface area contributed by atoms with Gasteiger partial charge in [-0.05, 0) is 24.6 Å². The first kappa shape index (κ1) is 20.3. The minimum atomic E-state index is -0.649. The molecular formula is C20H18ClN3O5. The largest absolute Gasteiger partial charge is 0.495 e. The van der Waals surface area contributed by atoms with Gasteiger partial charge in [0.05, 0.1) is 30.3 Å². The number of halogens is 1. The predicted molar refractivity (Wildman–Crippen MR) is 108 cm³/mol. The van der Waals surface area contributed by atoms with Crippen LogP contribution in [-0.2, 0) is 20.7 Å². The number of nitrogens with zero attached hydrogens (tertiary/aromatic N) is 1. The Hall–Kier alpha value is -3.39. The van der Waals surface area contributed by atoms with E-state index in [-0.39, 0.29) is 12.0 Å². The van der Waals surface area contributed by atoms with E-state index in [4.69, 9.17) is 21.1 Å². The molecule has 1 heterocycles. The molecule has 29 heavy (non-hydrogen) atoms. The van der Waals surface area contributed by atoms with Gasteiger partial charge >= 0.3 is 5.97 Å². The minimum absolute atomic E-state index is 0.187. The Morgan fingerprint density at radius 3 is 2.66 bits per heavy atom. The second-order valence-electron chi connectivity index (χ2n) is 6.23. The Labute approximate surface area is 170 Å². The van der Waals surface area contributed by atoms with Gasteiger partial charge in [0, 0.05) is 16.5 Å². The highest BCUT2D eigenvalue weighted by molar-refractivity contribution is 6.31. The van der Waals surface area contributed by atoms with Crippen molar-refractivity contribution in [1.82, 2.24) is 10.2 Å². The second kappa shape index (κ2) is 8.74. The summed E-state index contributed by atoms with van der Waals surface area (Å²) in [5, 5.41) is 10.4. The average molecular weight is 416 g/mol. The van der Waals surface area contributed by atoms with E-state index in [1.807, 2.05) is 0 Å². The molecule has 0 bridgehead atoms. The predicted octanol–water partition coefficient (Wildman–Crippen LogP) is 2.62. The van der Waals surface area contributed by atoms with Crippen molar-refractivity contribution in [2.75, 3.05) is 19.0 Å². The third-order valence-electron chi connectivity index (χ3n) is 4.21. The van der Waals surface area contributed by atoms with Crippen molar-refractivity contribution in [3.8, 4) is 5.75 Å². The summed E-state index contributed by atoms with van der Waals surface area (Å²) in [5.41, 5.74) is 1.20. The van der Waals surface area contributed by atoms with Gasteiger partial charge in [-0.2, -0.15) is 5.10 Å². The molecule has 1 amide bonds. The number of benzene rings is 2. The highest BCUT2D eigenvalue weighted by Gasteiger charge is 2.15. The molecule has 1 aromatic heterocycles. The summed E-state index contributed by atoms with van der Waals surface area (Å²) in [5.74, 6) is -0.786. The van der Waals surface area contributed by atoms with Crippen LogP contribution in [0.3, 0.4) is 0 Å². The van der Waals surface area contributed by atoms with E-state index >= 15 is 0 Å². The molecule has 0 saturated heterocycles. The van der Waals surface area contributed by atoms with Gasteiger partial charge in [0.25, 0.3) is 11.5 Å². The first-order valence-electron chi connectivity index (χ1n) is 8.65. The number of esters is 1. The summed E-state index contributed by atoms with van der Waals surface area (Å²) in [6, 6.07) is 10.0. The lowest BCUT2D eigenvalue weighted by Crippen LogP contribution is -2.22. The van der Waals surface area contributed by atoms with Crippen molar-refractivity contribution < 1.29 is 19.1 Å². The molecule has 150 valence electrons. The molecule has 2 N–H and O–H groups in total. The van der Waals surface area contributed by atoms with Crippen molar-refractivity contribution in [3.63, 3.8) is 0 Å². The van der Waals surface area contributed by atoms with Gasteiger partial charge in [-0.3, -0.25) is 14.4 Å². The normalized spacial score (nSPS) is 10.6. The summed E-state index contributed by atoms with van der Waals surface area (Å²) in [6.45, 7) is 1.31. The van der Waals surface area contributed by atoms with Gasteiger partial charge in [-0.1, -0.05) is 29.8 Å². The van der Waals surface area contributed by atoms with E-state index in [0.29, 0.717) is 32.9 Å². The lowest BCUT2D eigenvalue weighted by molar-refractivity contribution is -0.146. The number of fused-ring (bicyclic) bond motifs is 1. The lowest BCUT2D eigenvalue weighted by atomic mass is 10.1.